The lowest BCUT2D eigenvalue weighted by Gasteiger charge is -2.47. The number of carbonyl (C=O) groups is 2. The fraction of sp³-hybridized carbons (Fsp3) is 0.529. The summed E-state index contributed by atoms with van der Waals surface area (Å²) in [6.45, 7) is 2.44. The van der Waals surface area contributed by atoms with Gasteiger partial charge in [0, 0.05) is 44.2 Å². The van der Waals surface area contributed by atoms with E-state index in [9.17, 15) is 9.59 Å². The lowest BCUT2D eigenvalue weighted by molar-refractivity contribution is -0.140. The number of carbonyl (C=O) groups excluding carboxylic acids is 2. The number of nitrogens with one attached hydrogen (secondary N) is 1. The van der Waals surface area contributed by atoms with Gasteiger partial charge in [-0.1, -0.05) is 0 Å². The third-order valence-corrected chi connectivity index (χ3v) is 5.36. The molecule has 2 fully saturated rings. The predicted octanol–water partition coefficient (Wildman–Crippen LogP) is 0.370. The van der Waals surface area contributed by atoms with Crippen molar-refractivity contribution in [2.24, 2.45) is 11.7 Å². The fourth-order valence-corrected chi connectivity index (χ4v) is 4.12. The van der Waals surface area contributed by atoms with Crippen LogP contribution in [-0.2, 0) is 4.79 Å². The van der Waals surface area contributed by atoms with Crippen molar-refractivity contribution < 1.29 is 9.59 Å². The van der Waals surface area contributed by atoms with Gasteiger partial charge in [-0.25, -0.2) is 0 Å². The molecule has 25 heavy (non-hydrogen) atoms. The number of rotatable bonds is 3. The van der Waals surface area contributed by atoms with Crippen LogP contribution in [0.25, 0.3) is 11.0 Å². The van der Waals surface area contributed by atoms with Crippen molar-refractivity contribution in [2.45, 2.75) is 25.3 Å². The second-order valence-corrected chi connectivity index (χ2v) is 6.81. The average Bonchev–Trinajstić information content (AvgIpc) is 3.11. The van der Waals surface area contributed by atoms with E-state index in [1.165, 1.54) is 0 Å². The molecule has 2 aliphatic rings. The van der Waals surface area contributed by atoms with Crippen molar-refractivity contribution in [3.8, 4) is 0 Å². The summed E-state index contributed by atoms with van der Waals surface area (Å²) < 4.78 is 0. The first kappa shape index (κ1) is 16.0. The maximum Gasteiger partial charge on any atom is 0.253 e. The van der Waals surface area contributed by atoms with Crippen molar-refractivity contribution in [1.82, 2.24) is 25.2 Å². The molecule has 1 aromatic heterocycles. The zero-order valence-electron chi connectivity index (χ0n) is 14.0. The zero-order valence-corrected chi connectivity index (χ0v) is 14.0. The molecule has 8 heteroatoms. The van der Waals surface area contributed by atoms with Crippen LogP contribution in [0.5, 0.6) is 0 Å². The molecule has 0 aliphatic carbocycles. The van der Waals surface area contributed by atoms with Gasteiger partial charge in [0.25, 0.3) is 5.91 Å². The van der Waals surface area contributed by atoms with Crippen LogP contribution in [0.4, 0.5) is 0 Å². The van der Waals surface area contributed by atoms with E-state index in [-0.39, 0.29) is 17.9 Å². The van der Waals surface area contributed by atoms with Crippen LogP contribution < -0.4 is 5.73 Å². The van der Waals surface area contributed by atoms with E-state index >= 15 is 0 Å². The van der Waals surface area contributed by atoms with Crippen LogP contribution in [-0.4, -0.2) is 69.2 Å². The first-order valence-electron chi connectivity index (χ1n) is 8.76. The Balaban J connectivity index is 1.49. The van der Waals surface area contributed by atoms with Gasteiger partial charge in [-0.3, -0.25) is 9.59 Å². The lowest BCUT2D eigenvalue weighted by Crippen LogP contribution is -2.57. The first-order valence-corrected chi connectivity index (χ1v) is 8.76. The number of H-pyrrole nitrogens is 1. The molecule has 2 saturated heterocycles. The summed E-state index contributed by atoms with van der Waals surface area (Å²) in [6.07, 6.45) is 2.21. The fourth-order valence-electron chi connectivity index (χ4n) is 4.12. The van der Waals surface area contributed by atoms with Crippen LogP contribution in [0.2, 0.25) is 0 Å². The highest BCUT2D eigenvalue weighted by Gasteiger charge is 2.40. The number of nitrogens with two attached hydrogens (primary N) is 1. The Morgan fingerprint density at radius 2 is 2.12 bits per heavy atom. The van der Waals surface area contributed by atoms with E-state index in [4.69, 9.17) is 5.73 Å². The molecule has 132 valence electrons. The minimum atomic E-state index is 0.0191. The van der Waals surface area contributed by atoms with Gasteiger partial charge in [0.05, 0.1) is 0 Å². The van der Waals surface area contributed by atoms with Gasteiger partial charge >= 0.3 is 0 Å². The van der Waals surface area contributed by atoms with Crippen LogP contribution in [0.3, 0.4) is 0 Å². The molecule has 2 aliphatic heterocycles. The Labute approximate surface area is 145 Å². The number of hydrogen-bond acceptors (Lipinski definition) is 5. The summed E-state index contributed by atoms with van der Waals surface area (Å²) in [5.74, 6) is 0.548. The summed E-state index contributed by atoms with van der Waals surface area (Å²) >= 11 is 0. The maximum absolute atomic E-state index is 12.9. The molecule has 8 nitrogen and oxygen atoms in total. The monoisotopic (exact) mass is 342 g/mol. The summed E-state index contributed by atoms with van der Waals surface area (Å²) in [5.41, 5.74) is 7.73. The number of aromatic nitrogens is 3. The highest BCUT2D eigenvalue weighted by atomic mass is 16.2. The van der Waals surface area contributed by atoms with E-state index in [1.807, 2.05) is 9.80 Å². The molecule has 2 aromatic rings. The second kappa shape index (κ2) is 6.44. The Morgan fingerprint density at radius 3 is 2.96 bits per heavy atom. The van der Waals surface area contributed by atoms with Gasteiger partial charge in [0.1, 0.15) is 11.0 Å². The van der Waals surface area contributed by atoms with Crippen molar-refractivity contribution >= 4 is 22.8 Å². The molecule has 3 N–H and O–H groups in total. The van der Waals surface area contributed by atoms with E-state index in [2.05, 4.69) is 15.4 Å². The number of piperidine rings is 2. The third kappa shape index (κ3) is 2.86. The van der Waals surface area contributed by atoms with Gasteiger partial charge in [-0.05, 0) is 37.0 Å². The predicted molar refractivity (Wildman–Crippen MR) is 91.7 cm³/mol. The molecule has 2 amide bonds. The summed E-state index contributed by atoms with van der Waals surface area (Å²) in [5, 5.41) is 10.6. The van der Waals surface area contributed by atoms with Crippen molar-refractivity contribution in [1.29, 1.82) is 0 Å². The van der Waals surface area contributed by atoms with Gasteiger partial charge < -0.3 is 15.5 Å². The Morgan fingerprint density at radius 1 is 1.28 bits per heavy atom. The van der Waals surface area contributed by atoms with E-state index in [1.54, 1.807) is 18.2 Å². The largest absolute Gasteiger partial charge is 0.338 e. The Bertz CT molecular complexity index is 803. The van der Waals surface area contributed by atoms with Crippen LogP contribution in [0, 0.1) is 5.92 Å². The van der Waals surface area contributed by atoms with Crippen molar-refractivity contribution in [2.75, 3.05) is 26.2 Å². The van der Waals surface area contributed by atoms with Crippen LogP contribution in [0.1, 0.15) is 29.6 Å². The topological polar surface area (TPSA) is 108 Å². The van der Waals surface area contributed by atoms with E-state index in [0.717, 1.165) is 18.4 Å². The number of amides is 2. The van der Waals surface area contributed by atoms with E-state index in [0.29, 0.717) is 49.6 Å². The molecular weight excluding hydrogens is 320 g/mol. The summed E-state index contributed by atoms with van der Waals surface area (Å²) in [6, 6.07) is 5.59. The molecule has 4 rings (SSSR count). The number of aromatic amines is 1. The quantitative estimate of drug-likeness (QED) is 0.838. The van der Waals surface area contributed by atoms with Crippen molar-refractivity contribution in [3.63, 3.8) is 0 Å². The van der Waals surface area contributed by atoms with Crippen LogP contribution >= 0.6 is 0 Å². The SMILES string of the molecule is NCCN1C(=O)CC[C@H]2CN(C(=O)c3ccc4n[nH]nc4c3)CC[C@H]21. The standard InChI is InChI=1S/C17H22N6O2/c18-6-8-23-15-5-7-22(10-12(15)2-4-16(23)24)17(25)11-1-3-13-14(9-11)20-21-19-13/h1,3,9,12,15H,2,4-8,10,18H2,(H,19,20,21)/t12-,15+/m0/s1. The third-order valence-electron chi connectivity index (χ3n) is 5.36. The Hall–Kier alpha value is -2.48. The normalized spacial score (nSPS) is 23.8. The molecule has 2 atom stereocenters. The van der Waals surface area contributed by atoms with Gasteiger partial charge in [0.15, 0.2) is 0 Å². The highest BCUT2D eigenvalue weighted by Crippen LogP contribution is 2.31. The maximum atomic E-state index is 12.9. The molecule has 1 aromatic carbocycles. The second-order valence-electron chi connectivity index (χ2n) is 6.81. The number of fused-ring (bicyclic) bond motifs is 2. The Kier molecular flexibility index (Phi) is 4.12. The lowest BCUT2D eigenvalue weighted by atomic mass is 9.83. The number of benzene rings is 1. The molecule has 0 radical (unpaired) electrons. The van der Waals surface area contributed by atoms with Gasteiger partial charge in [-0.15, -0.1) is 0 Å². The van der Waals surface area contributed by atoms with Gasteiger partial charge in [-0.2, -0.15) is 15.4 Å². The summed E-state index contributed by atoms with van der Waals surface area (Å²) in [4.78, 5) is 28.9. The van der Waals surface area contributed by atoms with E-state index < -0.39 is 0 Å². The molecular formula is C17H22N6O2. The van der Waals surface area contributed by atoms with Crippen LogP contribution in [0.15, 0.2) is 18.2 Å². The zero-order chi connectivity index (χ0) is 17.4. The van der Waals surface area contributed by atoms with Gasteiger partial charge in [0.2, 0.25) is 5.91 Å². The minimum Gasteiger partial charge on any atom is -0.338 e. The molecule has 0 unspecified atom stereocenters. The smallest absolute Gasteiger partial charge is 0.253 e. The highest BCUT2D eigenvalue weighted by molar-refractivity contribution is 5.97. The molecule has 3 heterocycles. The number of hydrogen-bond donors (Lipinski definition) is 2. The minimum absolute atomic E-state index is 0.0191. The van der Waals surface area contributed by atoms with Crippen molar-refractivity contribution in [3.05, 3.63) is 23.8 Å². The molecule has 0 spiro atoms. The first-order chi connectivity index (χ1) is 12.2. The number of likely N-dealkylation sites (tertiary alicyclic amines) is 2. The average molecular weight is 342 g/mol. The summed E-state index contributed by atoms with van der Waals surface area (Å²) in [7, 11) is 0. The molecule has 0 saturated carbocycles. The molecule has 0 bridgehead atoms. The number of nitrogens with zero attached hydrogens (tertiary/aromatic N) is 4.